The predicted molar refractivity (Wildman–Crippen MR) is 104 cm³/mol. The minimum atomic E-state index is -0.905. The molecule has 2 aliphatic rings. The van der Waals surface area contributed by atoms with Gasteiger partial charge in [0.2, 0.25) is 11.8 Å². The smallest absolute Gasteiger partial charge is 0.311 e. The summed E-state index contributed by atoms with van der Waals surface area (Å²) in [6.07, 6.45) is 0.579. The molecule has 2 fully saturated rings. The molecule has 0 aliphatic carbocycles. The summed E-state index contributed by atoms with van der Waals surface area (Å²) in [5, 5.41) is 9.70. The third-order valence-electron chi connectivity index (χ3n) is 6.24. The molecule has 2 aliphatic heterocycles. The van der Waals surface area contributed by atoms with Crippen molar-refractivity contribution in [2.45, 2.75) is 33.6 Å². The van der Waals surface area contributed by atoms with Gasteiger partial charge in [0.25, 0.3) is 0 Å². The van der Waals surface area contributed by atoms with Gasteiger partial charge in [0, 0.05) is 26.1 Å². The van der Waals surface area contributed by atoms with Gasteiger partial charge < -0.3 is 19.6 Å². The lowest BCUT2D eigenvalue weighted by molar-refractivity contribution is -0.151. The van der Waals surface area contributed by atoms with Crippen molar-refractivity contribution in [3.63, 3.8) is 0 Å². The van der Waals surface area contributed by atoms with E-state index < -0.39 is 17.3 Å². The van der Waals surface area contributed by atoms with E-state index in [-0.39, 0.29) is 37.2 Å². The second kappa shape index (κ2) is 7.45. The van der Waals surface area contributed by atoms with Crippen molar-refractivity contribution in [1.82, 2.24) is 4.90 Å². The van der Waals surface area contributed by atoms with E-state index in [4.69, 9.17) is 4.74 Å². The zero-order valence-electron chi connectivity index (χ0n) is 16.9. The fourth-order valence-electron chi connectivity index (χ4n) is 4.29. The molecule has 2 atom stereocenters. The van der Waals surface area contributed by atoms with Gasteiger partial charge in [-0.2, -0.15) is 0 Å². The molecule has 28 heavy (non-hydrogen) atoms. The predicted octanol–water partition coefficient (Wildman–Crippen LogP) is 2.32. The molecule has 2 amide bonds. The van der Waals surface area contributed by atoms with Crippen LogP contribution in [0.5, 0.6) is 5.75 Å². The first-order valence-corrected chi connectivity index (χ1v) is 9.67. The molecule has 2 heterocycles. The SMILES string of the molecule is COc1ccc(C)cc1N1CC(C(=O)N2CCC(C(=O)O)(C(C)C)C2)CC1=O. The highest BCUT2D eigenvalue weighted by Crippen LogP contribution is 2.40. The van der Waals surface area contributed by atoms with Crippen LogP contribution in [-0.2, 0) is 14.4 Å². The van der Waals surface area contributed by atoms with Gasteiger partial charge in [-0.25, -0.2) is 0 Å². The van der Waals surface area contributed by atoms with E-state index in [1.165, 1.54) is 0 Å². The fraction of sp³-hybridized carbons (Fsp3) is 0.571. The Hall–Kier alpha value is -2.57. The molecule has 0 saturated carbocycles. The summed E-state index contributed by atoms with van der Waals surface area (Å²) in [6.45, 7) is 6.61. The Labute approximate surface area is 165 Å². The molecular formula is C21H28N2O5. The van der Waals surface area contributed by atoms with Gasteiger partial charge in [-0.15, -0.1) is 0 Å². The third-order valence-corrected chi connectivity index (χ3v) is 6.24. The second-order valence-corrected chi connectivity index (χ2v) is 8.21. The van der Waals surface area contributed by atoms with Crippen molar-refractivity contribution in [2.75, 3.05) is 31.6 Å². The van der Waals surface area contributed by atoms with Crippen LogP contribution in [0.15, 0.2) is 18.2 Å². The summed E-state index contributed by atoms with van der Waals surface area (Å²) in [5.74, 6) is -1.04. The molecule has 1 aromatic rings. The number of nitrogens with zero attached hydrogens (tertiary/aromatic N) is 2. The molecule has 1 aromatic carbocycles. The van der Waals surface area contributed by atoms with E-state index in [1.807, 2.05) is 39.0 Å². The fourth-order valence-corrected chi connectivity index (χ4v) is 4.29. The van der Waals surface area contributed by atoms with Crippen LogP contribution in [0.25, 0.3) is 0 Å². The summed E-state index contributed by atoms with van der Waals surface area (Å²) in [7, 11) is 1.55. The number of hydrogen-bond donors (Lipinski definition) is 1. The first-order valence-electron chi connectivity index (χ1n) is 9.67. The molecule has 0 radical (unpaired) electrons. The maximum Gasteiger partial charge on any atom is 0.311 e. The van der Waals surface area contributed by atoms with Gasteiger partial charge in [-0.05, 0) is 37.0 Å². The van der Waals surface area contributed by atoms with Crippen LogP contribution in [0.1, 0.15) is 32.3 Å². The standard InChI is InChI=1S/C21H28N2O5/c1-13(2)21(20(26)27)7-8-22(12-21)19(25)15-10-18(24)23(11-15)16-9-14(3)5-6-17(16)28-4/h5-6,9,13,15H,7-8,10-12H2,1-4H3,(H,26,27). The summed E-state index contributed by atoms with van der Waals surface area (Å²) in [4.78, 5) is 40.7. The maximum absolute atomic E-state index is 13.0. The molecule has 2 unspecified atom stereocenters. The van der Waals surface area contributed by atoms with Gasteiger partial charge in [0.05, 0.1) is 24.1 Å². The third kappa shape index (κ3) is 3.34. The topological polar surface area (TPSA) is 87.2 Å². The molecule has 3 rings (SSSR count). The number of methoxy groups -OCH3 is 1. The lowest BCUT2D eigenvalue weighted by Crippen LogP contribution is -2.42. The maximum atomic E-state index is 13.0. The number of ether oxygens (including phenoxy) is 1. The largest absolute Gasteiger partial charge is 0.495 e. The number of amides is 2. The lowest BCUT2D eigenvalue weighted by atomic mass is 9.76. The number of aryl methyl sites for hydroxylation is 1. The zero-order valence-corrected chi connectivity index (χ0v) is 16.9. The van der Waals surface area contributed by atoms with Crippen LogP contribution in [0.4, 0.5) is 5.69 Å². The molecule has 0 spiro atoms. The normalized spacial score (nSPS) is 24.9. The summed E-state index contributed by atoms with van der Waals surface area (Å²) >= 11 is 0. The molecule has 0 bridgehead atoms. The Kier molecular flexibility index (Phi) is 5.37. The minimum Gasteiger partial charge on any atom is -0.495 e. The Balaban J connectivity index is 1.77. The molecule has 7 nitrogen and oxygen atoms in total. The summed E-state index contributed by atoms with van der Waals surface area (Å²) in [5.41, 5.74) is 0.768. The van der Waals surface area contributed by atoms with Gasteiger partial charge >= 0.3 is 5.97 Å². The van der Waals surface area contributed by atoms with Crippen molar-refractivity contribution >= 4 is 23.5 Å². The molecule has 7 heteroatoms. The van der Waals surface area contributed by atoms with Crippen molar-refractivity contribution in [1.29, 1.82) is 0 Å². The molecule has 1 N–H and O–H groups in total. The quantitative estimate of drug-likeness (QED) is 0.836. The number of anilines is 1. The number of aliphatic carboxylic acids is 1. The first-order chi connectivity index (χ1) is 13.2. The van der Waals surface area contributed by atoms with E-state index in [2.05, 4.69) is 0 Å². The number of likely N-dealkylation sites (tertiary alicyclic amines) is 1. The Morgan fingerprint density at radius 3 is 2.61 bits per heavy atom. The Morgan fingerprint density at radius 2 is 2.04 bits per heavy atom. The van der Waals surface area contributed by atoms with Crippen molar-refractivity contribution in [2.24, 2.45) is 17.3 Å². The monoisotopic (exact) mass is 388 g/mol. The molecule has 2 saturated heterocycles. The van der Waals surface area contributed by atoms with Crippen LogP contribution >= 0.6 is 0 Å². The van der Waals surface area contributed by atoms with Crippen molar-refractivity contribution < 1.29 is 24.2 Å². The first kappa shape index (κ1) is 20.2. The van der Waals surface area contributed by atoms with Gasteiger partial charge in [-0.1, -0.05) is 19.9 Å². The molecule has 152 valence electrons. The van der Waals surface area contributed by atoms with E-state index in [0.717, 1.165) is 5.56 Å². The van der Waals surface area contributed by atoms with Crippen molar-refractivity contribution in [3.05, 3.63) is 23.8 Å². The number of carboxylic acid groups (broad SMARTS) is 1. The number of carboxylic acids is 1. The molecular weight excluding hydrogens is 360 g/mol. The summed E-state index contributed by atoms with van der Waals surface area (Å²) in [6, 6.07) is 5.61. The number of benzene rings is 1. The zero-order chi connectivity index (χ0) is 20.6. The highest BCUT2D eigenvalue weighted by Gasteiger charge is 2.50. The Bertz CT molecular complexity index is 806. The van der Waals surface area contributed by atoms with Crippen LogP contribution in [-0.4, -0.2) is 54.5 Å². The molecule has 0 aromatic heterocycles. The van der Waals surface area contributed by atoms with E-state index in [1.54, 1.807) is 16.9 Å². The van der Waals surface area contributed by atoms with Crippen LogP contribution < -0.4 is 9.64 Å². The average Bonchev–Trinajstić information content (AvgIpc) is 3.26. The number of hydrogen-bond acceptors (Lipinski definition) is 4. The second-order valence-electron chi connectivity index (χ2n) is 8.21. The number of carbonyl (C=O) groups excluding carboxylic acids is 2. The van der Waals surface area contributed by atoms with Gasteiger partial charge in [-0.3, -0.25) is 14.4 Å². The van der Waals surface area contributed by atoms with E-state index in [0.29, 0.717) is 24.4 Å². The highest BCUT2D eigenvalue weighted by atomic mass is 16.5. The Morgan fingerprint density at radius 1 is 1.32 bits per heavy atom. The number of rotatable bonds is 5. The van der Waals surface area contributed by atoms with Gasteiger partial charge in [0.1, 0.15) is 5.75 Å². The van der Waals surface area contributed by atoms with Crippen molar-refractivity contribution in [3.8, 4) is 5.75 Å². The number of carbonyl (C=O) groups is 3. The highest BCUT2D eigenvalue weighted by molar-refractivity contribution is 6.01. The summed E-state index contributed by atoms with van der Waals surface area (Å²) < 4.78 is 5.38. The van der Waals surface area contributed by atoms with Crippen LogP contribution in [0.2, 0.25) is 0 Å². The van der Waals surface area contributed by atoms with Crippen LogP contribution in [0, 0.1) is 24.2 Å². The lowest BCUT2D eigenvalue weighted by Gasteiger charge is -2.29. The van der Waals surface area contributed by atoms with E-state index >= 15 is 0 Å². The minimum absolute atomic E-state index is 0.0685. The van der Waals surface area contributed by atoms with Gasteiger partial charge in [0.15, 0.2) is 0 Å². The van der Waals surface area contributed by atoms with E-state index in [9.17, 15) is 19.5 Å². The average molecular weight is 388 g/mol. The van der Waals surface area contributed by atoms with Crippen LogP contribution in [0.3, 0.4) is 0 Å².